The highest BCUT2D eigenvalue weighted by Crippen LogP contribution is 2.60. The number of rotatable bonds is 5. The second-order valence-corrected chi connectivity index (χ2v) is 10.3. The average molecular weight is 443 g/mol. The number of aromatic hydroxyl groups is 2. The van der Waals surface area contributed by atoms with E-state index in [0.717, 1.165) is 22.4 Å². The molecule has 3 heteroatoms. The highest BCUT2D eigenvalue weighted by Gasteiger charge is 2.49. The van der Waals surface area contributed by atoms with Crippen molar-refractivity contribution < 1.29 is 14.9 Å². The third kappa shape index (κ3) is 3.88. The van der Waals surface area contributed by atoms with E-state index in [0.29, 0.717) is 41.1 Å². The Labute approximate surface area is 197 Å². The Morgan fingerprint density at radius 2 is 1.36 bits per heavy atom. The summed E-state index contributed by atoms with van der Waals surface area (Å²) >= 11 is 0. The molecule has 5 atom stereocenters. The van der Waals surface area contributed by atoms with Crippen molar-refractivity contribution in [2.45, 2.75) is 51.9 Å². The molecule has 2 bridgehead atoms. The molecule has 0 radical (unpaired) electrons. The standard InChI is InChI=1S/C30H34O3/c1-17-11-20(5-8-27(17)31)25-15-24-14-23(25)16-26(24)30(21-6-9-28(32)18(2)12-21)22-7-10-29(33-4)19(3)13-22/h5-13,23-26,30-32H,14-16H2,1-4H3. The summed E-state index contributed by atoms with van der Waals surface area (Å²) in [4.78, 5) is 0. The zero-order valence-electron chi connectivity index (χ0n) is 20.0. The van der Waals surface area contributed by atoms with Crippen molar-refractivity contribution >= 4 is 0 Å². The van der Waals surface area contributed by atoms with E-state index in [2.05, 4.69) is 49.4 Å². The van der Waals surface area contributed by atoms with Crippen molar-refractivity contribution in [1.29, 1.82) is 0 Å². The molecule has 3 aromatic carbocycles. The van der Waals surface area contributed by atoms with E-state index in [9.17, 15) is 10.2 Å². The van der Waals surface area contributed by atoms with Gasteiger partial charge in [0.15, 0.2) is 0 Å². The topological polar surface area (TPSA) is 49.7 Å². The Morgan fingerprint density at radius 1 is 0.727 bits per heavy atom. The van der Waals surface area contributed by atoms with Crippen LogP contribution >= 0.6 is 0 Å². The highest BCUT2D eigenvalue weighted by atomic mass is 16.5. The summed E-state index contributed by atoms with van der Waals surface area (Å²) in [5.74, 6) is 4.52. The largest absolute Gasteiger partial charge is 0.508 e. The Morgan fingerprint density at radius 3 is 1.94 bits per heavy atom. The van der Waals surface area contributed by atoms with Crippen LogP contribution in [0.2, 0.25) is 0 Å². The van der Waals surface area contributed by atoms with Gasteiger partial charge < -0.3 is 14.9 Å². The van der Waals surface area contributed by atoms with Crippen LogP contribution in [0.15, 0.2) is 54.6 Å². The quantitative estimate of drug-likeness (QED) is 0.447. The normalized spacial score (nSPS) is 24.7. The van der Waals surface area contributed by atoms with E-state index in [4.69, 9.17) is 4.74 Å². The number of phenolic OH excluding ortho intramolecular Hbond substituents is 2. The van der Waals surface area contributed by atoms with Crippen LogP contribution in [0.3, 0.4) is 0 Å². The minimum atomic E-state index is 0.311. The van der Waals surface area contributed by atoms with E-state index in [-0.39, 0.29) is 0 Å². The summed E-state index contributed by atoms with van der Waals surface area (Å²) in [5.41, 5.74) is 7.09. The molecule has 33 heavy (non-hydrogen) atoms. The van der Waals surface area contributed by atoms with Gasteiger partial charge in [-0.25, -0.2) is 0 Å². The lowest BCUT2D eigenvalue weighted by atomic mass is 9.69. The van der Waals surface area contributed by atoms with Crippen LogP contribution in [0.5, 0.6) is 17.2 Å². The van der Waals surface area contributed by atoms with E-state index in [1.807, 2.05) is 26.0 Å². The molecule has 5 rings (SSSR count). The number of fused-ring (bicyclic) bond motifs is 2. The van der Waals surface area contributed by atoms with Crippen molar-refractivity contribution in [2.24, 2.45) is 17.8 Å². The van der Waals surface area contributed by atoms with Crippen LogP contribution in [-0.2, 0) is 0 Å². The molecule has 2 N–H and O–H groups in total. The SMILES string of the molecule is COc1ccc(C(c2ccc(O)c(C)c2)C2CC3CC2CC3c2ccc(O)c(C)c2)cc1C. The fourth-order valence-corrected chi connectivity index (χ4v) is 6.70. The molecule has 2 aliphatic rings. The molecule has 0 saturated heterocycles. The Hall–Kier alpha value is -2.94. The first-order valence-corrected chi connectivity index (χ1v) is 12.1. The number of aryl methyl sites for hydroxylation is 3. The number of ether oxygens (including phenoxy) is 1. The number of phenols is 2. The van der Waals surface area contributed by atoms with Gasteiger partial charge in [-0.15, -0.1) is 0 Å². The highest BCUT2D eigenvalue weighted by molar-refractivity contribution is 5.45. The minimum Gasteiger partial charge on any atom is -0.508 e. The molecule has 0 aromatic heterocycles. The molecule has 0 heterocycles. The van der Waals surface area contributed by atoms with Gasteiger partial charge in [-0.2, -0.15) is 0 Å². The molecule has 172 valence electrons. The number of hydrogen-bond donors (Lipinski definition) is 2. The molecule has 3 nitrogen and oxygen atoms in total. The lowest BCUT2D eigenvalue weighted by Crippen LogP contribution is -2.24. The lowest BCUT2D eigenvalue weighted by Gasteiger charge is -2.35. The van der Waals surface area contributed by atoms with Crippen molar-refractivity contribution in [1.82, 2.24) is 0 Å². The van der Waals surface area contributed by atoms with Gasteiger partial charge >= 0.3 is 0 Å². The van der Waals surface area contributed by atoms with E-state index >= 15 is 0 Å². The zero-order chi connectivity index (χ0) is 23.3. The predicted octanol–water partition coefficient (Wildman–Crippen LogP) is 6.99. The first kappa shape index (κ1) is 21.9. The van der Waals surface area contributed by atoms with Gasteiger partial charge in [-0.3, -0.25) is 0 Å². The first-order chi connectivity index (χ1) is 15.9. The van der Waals surface area contributed by atoms with Crippen molar-refractivity contribution in [3.05, 3.63) is 88.0 Å². The summed E-state index contributed by atoms with van der Waals surface area (Å²) in [7, 11) is 1.73. The predicted molar refractivity (Wildman–Crippen MR) is 132 cm³/mol. The third-order valence-corrected chi connectivity index (χ3v) is 8.35. The van der Waals surface area contributed by atoms with Gasteiger partial charge in [0.1, 0.15) is 17.2 Å². The fourth-order valence-electron chi connectivity index (χ4n) is 6.70. The second kappa shape index (κ2) is 8.44. The Kier molecular flexibility index (Phi) is 5.60. The van der Waals surface area contributed by atoms with Gasteiger partial charge in [0.05, 0.1) is 7.11 Å². The van der Waals surface area contributed by atoms with Crippen LogP contribution < -0.4 is 4.74 Å². The zero-order valence-corrected chi connectivity index (χ0v) is 20.0. The van der Waals surface area contributed by atoms with E-state index in [1.165, 1.54) is 36.0 Å². The second-order valence-electron chi connectivity index (χ2n) is 10.3. The third-order valence-electron chi connectivity index (χ3n) is 8.35. The van der Waals surface area contributed by atoms with Gasteiger partial charge in [0, 0.05) is 5.92 Å². The molecular weight excluding hydrogens is 408 g/mol. The number of methoxy groups -OCH3 is 1. The Balaban J connectivity index is 1.49. The molecule has 5 unspecified atom stereocenters. The van der Waals surface area contributed by atoms with Crippen LogP contribution in [0.25, 0.3) is 0 Å². The van der Waals surface area contributed by atoms with Crippen LogP contribution in [0.1, 0.15) is 64.5 Å². The van der Waals surface area contributed by atoms with Crippen LogP contribution in [0, 0.1) is 38.5 Å². The maximum absolute atomic E-state index is 10.1. The molecule has 2 aliphatic carbocycles. The first-order valence-electron chi connectivity index (χ1n) is 12.1. The molecule has 2 saturated carbocycles. The lowest BCUT2D eigenvalue weighted by molar-refractivity contribution is 0.279. The summed E-state index contributed by atoms with van der Waals surface area (Å²) in [5, 5.41) is 20.1. The maximum Gasteiger partial charge on any atom is 0.121 e. The smallest absolute Gasteiger partial charge is 0.121 e. The Bertz CT molecular complexity index is 1180. The van der Waals surface area contributed by atoms with Crippen LogP contribution in [0.4, 0.5) is 0 Å². The molecule has 0 spiro atoms. The van der Waals surface area contributed by atoms with E-state index in [1.54, 1.807) is 7.11 Å². The molecule has 0 aliphatic heterocycles. The summed E-state index contributed by atoms with van der Waals surface area (Å²) in [6, 6.07) is 18.9. The summed E-state index contributed by atoms with van der Waals surface area (Å²) < 4.78 is 5.53. The van der Waals surface area contributed by atoms with Crippen LogP contribution in [-0.4, -0.2) is 17.3 Å². The number of benzene rings is 3. The van der Waals surface area contributed by atoms with Crippen molar-refractivity contribution in [2.75, 3.05) is 7.11 Å². The molecule has 3 aromatic rings. The van der Waals surface area contributed by atoms with Gasteiger partial charge in [0.2, 0.25) is 0 Å². The molecule has 0 amide bonds. The molecular formula is C30H34O3. The summed E-state index contributed by atoms with van der Waals surface area (Å²) in [6.07, 6.45) is 3.70. The molecule has 2 fully saturated rings. The van der Waals surface area contributed by atoms with E-state index < -0.39 is 0 Å². The minimum absolute atomic E-state index is 0.311. The maximum atomic E-state index is 10.1. The summed E-state index contributed by atoms with van der Waals surface area (Å²) in [6.45, 7) is 6.09. The van der Waals surface area contributed by atoms with Gasteiger partial charge in [-0.05, 0) is 115 Å². The van der Waals surface area contributed by atoms with Gasteiger partial charge in [0.25, 0.3) is 0 Å². The van der Waals surface area contributed by atoms with Crippen molar-refractivity contribution in [3.8, 4) is 17.2 Å². The van der Waals surface area contributed by atoms with Gasteiger partial charge in [-0.1, -0.05) is 36.4 Å². The average Bonchev–Trinajstić information content (AvgIpc) is 3.39. The van der Waals surface area contributed by atoms with Crippen molar-refractivity contribution in [3.63, 3.8) is 0 Å². The number of hydrogen-bond acceptors (Lipinski definition) is 3. The monoisotopic (exact) mass is 442 g/mol. The fraction of sp³-hybridized carbons (Fsp3) is 0.400.